The molecule has 0 radical (unpaired) electrons. The van der Waals surface area contributed by atoms with Gasteiger partial charge in [-0.2, -0.15) is 5.10 Å². The molecule has 0 aromatic carbocycles. The van der Waals surface area contributed by atoms with Gasteiger partial charge in [0.05, 0.1) is 12.3 Å². The highest BCUT2D eigenvalue weighted by Crippen LogP contribution is 2.16. The van der Waals surface area contributed by atoms with Crippen LogP contribution in [-0.4, -0.2) is 26.6 Å². The van der Waals surface area contributed by atoms with Crippen molar-refractivity contribution in [1.29, 1.82) is 0 Å². The van der Waals surface area contributed by atoms with Crippen LogP contribution in [0, 0.1) is 0 Å². The average Bonchev–Trinajstić information content (AvgIpc) is 2.47. The zero-order chi connectivity index (χ0) is 8.97. The number of aliphatic hydroxyl groups excluding tert-OH is 2. The topological polar surface area (TPSA) is 58.3 Å². The molecule has 1 heterocycles. The van der Waals surface area contributed by atoms with Gasteiger partial charge in [0.2, 0.25) is 0 Å². The molecule has 0 amide bonds. The van der Waals surface area contributed by atoms with Crippen LogP contribution in [0.1, 0.15) is 24.5 Å². The zero-order valence-electron chi connectivity index (χ0n) is 7.14. The standard InChI is InChI=1S/C8H14N2O2/c1-10-6-7(5-9-10)8(12)3-2-4-11/h5-6,8,11-12H,2-4H2,1H3. The number of nitrogens with zero attached hydrogens (tertiary/aromatic N) is 2. The molecule has 0 aliphatic rings. The van der Waals surface area contributed by atoms with E-state index in [9.17, 15) is 5.11 Å². The molecule has 0 aliphatic heterocycles. The molecule has 0 fully saturated rings. The highest BCUT2D eigenvalue weighted by molar-refractivity contribution is 5.07. The SMILES string of the molecule is Cn1cc(C(O)CCCO)cn1. The minimum Gasteiger partial charge on any atom is -0.396 e. The van der Waals surface area contributed by atoms with E-state index in [2.05, 4.69) is 5.10 Å². The summed E-state index contributed by atoms with van der Waals surface area (Å²) < 4.78 is 1.65. The molecule has 1 aromatic rings. The molecule has 0 aliphatic carbocycles. The van der Waals surface area contributed by atoms with Gasteiger partial charge in [-0.05, 0) is 12.8 Å². The lowest BCUT2D eigenvalue weighted by molar-refractivity contribution is 0.152. The average molecular weight is 170 g/mol. The first-order chi connectivity index (χ1) is 5.74. The molecular weight excluding hydrogens is 156 g/mol. The second-order valence-corrected chi connectivity index (χ2v) is 2.83. The lowest BCUT2D eigenvalue weighted by Gasteiger charge is -2.05. The number of aromatic nitrogens is 2. The number of hydrogen-bond acceptors (Lipinski definition) is 3. The second-order valence-electron chi connectivity index (χ2n) is 2.83. The monoisotopic (exact) mass is 170 g/mol. The van der Waals surface area contributed by atoms with Crippen LogP contribution >= 0.6 is 0 Å². The van der Waals surface area contributed by atoms with Crippen LogP contribution in [0.2, 0.25) is 0 Å². The maximum atomic E-state index is 9.50. The van der Waals surface area contributed by atoms with Crippen LogP contribution in [0.4, 0.5) is 0 Å². The molecule has 1 rings (SSSR count). The van der Waals surface area contributed by atoms with Gasteiger partial charge in [0, 0.05) is 25.4 Å². The van der Waals surface area contributed by atoms with Crippen LogP contribution in [0.3, 0.4) is 0 Å². The highest BCUT2D eigenvalue weighted by atomic mass is 16.3. The molecule has 12 heavy (non-hydrogen) atoms. The molecular formula is C8H14N2O2. The summed E-state index contributed by atoms with van der Waals surface area (Å²) in [4.78, 5) is 0. The molecule has 0 saturated heterocycles. The highest BCUT2D eigenvalue weighted by Gasteiger charge is 2.07. The van der Waals surface area contributed by atoms with Crippen molar-refractivity contribution in [3.63, 3.8) is 0 Å². The molecule has 68 valence electrons. The molecule has 1 atom stereocenters. The molecule has 0 bridgehead atoms. The minimum absolute atomic E-state index is 0.122. The Morgan fingerprint density at radius 2 is 2.42 bits per heavy atom. The smallest absolute Gasteiger partial charge is 0.0821 e. The predicted octanol–water partition coefficient (Wildman–Crippen LogP) is 0.226. The maximum Gasteiger partial charge on any atom is 0.0821 e. The fraction of sp³-hybridized carbons (Fsp3) is 0.625. The van der Waals surface area contributed by atoms with E-state index in [1.807, 2.05) is 7.05 Å². The van der Waals surface area contributed by atoms with Crippen molar-refractivity contribution >= 4 is 0 Å². The summed E-state index contributed by atoms with van der Waals surface area (Å²) in [5, 5.41) is 22.0. The number of aliphatic hydroxyl groups is 2. The molecule has 4 heteroatoms. The minimum atomic E-state index is -0.495. The van der Waals surface area contributed by atoms with Crippen LogP contribution in [0.25, 0.3) is 0 Å². The largest absolute Gasteiger partial charge is 0.396 e. The van der Waals surface area contributed by atoms with Crippen molar-refractivity contribution in [2.75, 3.05) is 6.61 Å². The van der Waals surface area contributed by atoms with Crippen LogP contribution in [-0.2, 0) is 7.05 Å². The van der Waals surface area contributed by atoms with Crippen molar-refractivity contribution in [2.24, 2.45) is 7.05 Å². The van der Waals surface area contributed by atoms with Gasteiger partial charge in [0.25, 0.3) is 0 Å². The Kier molecular flexibility index (Phi) is 3.25. The van der Waals surface area contributed by atoms with Crippen molar-refractivity contribution in [1.82, 2.24) is 9.78 Å². The second kappa shape index (κ2) is 4.23. The van der Waals surface area contributed by atoms with E-state index in [4.69, 9.17) is 5.11 Å². The van der Waals surface area contributed by atoms with E-state index in [1.165, 1.54) is 0 Å². The predicted molar refractivity (Wildman–Crippen MR) is 44.5 cm³/mol. The van der Waals surface area contributed by atoms with Gasteiger partial charge in [-0.1, -0.05) is 0 Å². The van der Waals surface area contributed by atoms with Gasteiger partial charge in [-0.3, -0.25) is 4.68 Å². The van der Waals surface area contributed by atoms with Gasteiger partial charge >= 0.3 is 0 Å². The summed E-state index contributed by atoms with van der Waals surface area (Å²) in [6, 6.07) is 0. The summed E-state index contributed by atoms with van der Waals surface area (Å²) in [6.07, 6.45) is 4.13. The zero-order valence-corrected chi connectivity index (χ0v) is 7.14. The Bertz CT molecular complexity index is 235. The van der Waals surface area contributed by atoms with E-state index < -0.39 is 6.10 Å². The Morgan fingerprint density at radius 3 is 2.92 bits per heavy atom. The van der Waals surface area contributed by atoms with E-state index in [1.54, 1.807) is 17.1 Å². The lowest BCUT2D eigenvalue weighted by Crippen LogP contribution is -1.97. The summed E-state index contributed by atoms with van der Waals surface area (Å²) in [6.45, 7) is 0.122. The van der Waals surface area contributed by atoms with Crippen LogP contribution in [0.5, 0.6) is 0 Å². The van der Waals surface area contributed by atoms with Gasteiger partial charge in [0.15, 0.2) is 0 Å². The van der Waals surface area contributed by atoms with Gasteiger partial charge in [-0.15, -0.1) is 0 Å². The molecule has 0 saturated carbocycles. The van der Waals surface area contributed by atoms with Crippen LogP contribution < -0.4 is 0 Å². The van der Waals surface area contributed by atoms with E-state index in [0.29, 0.717) is 12.8 Å². The van der Waals surface area contributed by atoms with Crippen molar-refractivity contribution < 1.29 is 10.2 Å². The first-order valence-corrected chi connectivity index (χ1v) is 4.01. The Morgan fingerprint density at radius 1 is 1.67 bits per heavy atom. The normalized spacial score (nSPS) is 13.2. The van der Waals surface area contributed by atoms with Crippen LogP contribution in [0.15, 0.2) is 12.4 Å². The fourth-order valence-corrected chi connectivity index (χ4v) is 1.06. The summed E-state index contributed by atoms with van der Waals surface area (Å²) in [5.41, 5.74) is 0.811. The lowest BCUT2D eigenvalue weighted by atomic mass is 10.1. The number of rotatable bonds is 4. The molecule has 1 unspecified atom stereocenters. The summed E-state index contributed by atoms with van der Waals surface area (Å²) in [7, 11) is 1.81. The van der Waals surface area contributed by atoms with E-state index in [-0.39, 0.29) is 6.61 Å². The van der Waals surface area contributed by atoms with E-state index in [0.717, 1.165) is 5.56 Å². The number of hydrogen-bond donors (Lipinski definition) is 2. The third kappa shape index (κ3) is 2.32. The fourth-order valence-electron chi connectivity index (χ4n) is 1.06. The number of aryl methyl sites for hydroxylation is 1. The van der Waals surface area contributed by atoms with Gasteiger partial charge in [0.1, 0.15) is 0 Å². The molecule has 4 nitrogen and oxygen atoms in total. The van der Waals surface area contributed by atoms with Crippen molar-refractivity contribution in [2.45, 2.75) is 18.9 Å². The van der Waals surface area contributed by atoms with Crippen molar-refractivity contribution in [3.05, 3.63) is 18.0 Å². The Balaban J connectivity index is 2.47. The maximum absolute atomic E-state index is 9.50. The third-order valence-electron chi connectivity index (χ3n) is 1.75. The quantitative estimate of drug-likeness (QED) is 0.680. The molecule has 1 aromatic heterocycles. The van der Waals surface area contributed by atoms with Gasteiger partial charge < -0.3 is 10.2 Å². The Hall–Kier alpha value is -0.870. The molecule has 2 N–H and O–H groups in total. The Labute approximate surface area is 71.5 Å². The third-order valence-corrected chi connectivity index (χ3v) is 1.75. The van der Waals surface area contributed by atoms with Gasteiger partial charge in [-0.25, -0.2) is 0 Å². The first kappa shape index (κ1) is 9.22. The first-order valence-electron chi connectivity index (χ1n) is 4.01. The van der Waals surface area contributed by atoms with Crippen molar-refractivity contribution in [3.8, 4) is 0 Å². The molecule has 0 spiro atoms. The summed E-state index contributed by atoms with van der Waals surface area (Å²) >= 11 is 0. The summed E-state index contributed by atoms with van der Waals surface area (Å²) in [5.74, 6) is 0. The van der Waals surface area contributed by atoms with E-state index >= 15 is 0 Å².